The van der Waals surface area contributed by atoms with Gasteiger partial charge in [0.25, 0.3) is 0 Å². The highest BCUT2D eigenvalue weighted by atomic mass is 15.3. The molecule has 0 unspecified atom stereocenters. The Morgan fingerprint density at radius 2 is 1.96 bits per heavy atom. The van der Waals surface area contributed by atoms with Crippen LogP contribution in [-0.2, 0) is 6.42 Å². The van der Waals surface area contributed by atoms with Crippen LogP contribution < -0.4 is 5.32 Å². The molecule has 3 nitrogen and oxygen atoms in total. The maximum absolute atomic E-state index is 5.12. The third-order valence-corrected chi connectivity index (χ3v) is 5.40. The average molecular weight is 309 g/mol. The summed E-state index contributed by atoms with van der Waals surface area (Å²) in [5.41, 5.74) is 5.36. The summed E-state index contributed by atoms with van der Waals surface area (Å²) < 4.78 is 2.18. The van der Waals surface area contributed by atoms with E-state index in [4.69, 9.17) is 5.10 Å². The number of fused-ring (bicyclic) bond motifs is 1. The van der Waals surface area contributed by atoms with Crippen LogP contribution in [0.25, 0.3) is 5.69 Å². The minimum absolute atomic E-state index is 0.670. The predicted molar refractivity (Wildman–Crippen MR) is 95.6 cm³/mol. The minimum Gasteiger partial charge on any atom is -0.370 e. The monoisotopic (exact) mass is 309 g/mol. The highest BCUT2D eigenvalue weighted by Crippen LogP contribution is 2.38. The van der Waals surface area contributed by atoms with Gasteiger partial charge in [0, 0.05) is 18.0 Å². The Hall–Kier alpha value is -1.77. The molecule has 0 atom stereocenters. The fourth-order valence-corrected chi connectivity index (χ4v) is 4.18. The van der Waals surface area contributed by atoms with Crippen LogP contribution in [0, 0.1) is 6.92 Å². The molecule has 1 aliphatic heterocycles. The van der Waals surface area contributed by atoms with E-state index in [-0.39, 0.29) is 0 Å². The van der Waals surface area contributed by atoms with Crippen molar-refractivity contribution >= 4 is 5.82 Å². The van der Waals surface area contributed by atoms with Gasteiger partial charge in [0.15, 0.2) is 0 Å². The summed E-state index contributed by atoms with van der Waals surface area (Å²) in [5, 5.41) is 8.79. The predicted octanol–water partition coefficient (Wildman–Crippen LogP) is 4.98. The number of nitrogens with zero attached hydrogens (tertiary/aromatic N) is 2. The van der Waals surface area contributed by atoms with E-state index in [1.165, 1.54) is 79.7 Å². The third-order valence-electron chi connectivity index (χ3n) is 5.40. The van der Waals surface area contributed by atoms with Crippen LogP contribution >= 0.6 is 0 Å². The zero-order valence-electron chi connectivity index (χ0n) is 14.1. The minimum atomic E-state index is 0.670. The lowest BCUT2D eigenvalue weighted by Gasteiger charge is -2.20. The van der Waals surface area contributed by atoms with E-state index < -0.39 is 0 Å². The van der Waals surface area contributed by atoms with Crippen molar-refractivity contribution in [3.8, 4) is 5.69 Å². The zero-order chi connectivity index (χ0) is 15.6. The van der Waals surface area contributed by atoms with Crippen molar-refractivity contribution in [2.24, 2.45) is 0 Å². The fraction of sp³-hybridized carbons (Fsp3) is 0.550. The maximum Gasteiger partial charge on any atom is 0.133 e. The molecular formula is C20H27N3. The van der Waals surface area contributed by atoms with Crippen molar-refractivity contribution in [1.29, 1.82) is 0 Å². The summed E-state index contributed by atoms with van der Waals surface area (Å²) in [4.78, 5) is 0. The largest absolute Gasteiger partial charge is 0.370 e. The Bertz CT molecular complexity index is 680. The van der Waals surface area contributed by atoms with Crippen LogP contribution in [0.1, 0.15) is 67.7 Å². The van der Waals surface area contributed by atoms with Crippen molar-refractivity contribution in [3.05, 3.63) is 41.1 Å². The first-order valence-electron chi connectivity index (χ1n) is 9.25. The van der Waals surface area contributed by atoms with Crippen molar-refractivity contribution in [2.75, 3.05) is 11.9 Å². The number of hydrogen-bond acceptors (Lipinski definition) is 2. The molecular weight excluding hydrogens is 282 g/mol. The molecule has 1 aromatic carbocycles. The van der Waals surface area contributed by atoms with Gasteiger partial charge in [-0.2, -0.15) is 5.10 Å². The van der Waals surface area contributed by atoms with Gasteiger partial charge < -0.3 is 5.32 Å². The second-order valence-corrected chi connectivity index (χ2v) is 7.18. The number of nitrogens with one attached hydrogen (secondary N) is 1. The number of aromatic nitrogens is 2. The second kappa shape index (κ2) is 6.38. The van der Waals surface area contributed by atoms with Crippen LogP contribution in [-0.4, -0.2) is 16.3 Å². The first-order chi connectivity index (χ1) is 11.3. The molecule has 3 heteroatoms. The average Bonchev–Trinajstić information content (AvgIpc) is 2.77. The topological polar surface area (TPSA) is 29.9 Å². The number of benzene rings is 1. The highest BCUT2D eigenvalue weighted by molar-refractivity contribution is 5.55. The number of rotatable bonds is 2. The molecule has 1 fully saturated rings. The van der Waals surface area contributed by atoms with Gasteiger partial charge in [-0.3, -0.25) is 0 Å². The molecule has 23 heavy (non-hydrogen) atoms. The molecule has 0 spiro atoms. The van der Waals surface area contributed by atoms with Crippen LogP contribution in [0.4, 0.5) is 5.82 Å². The molecule has 0 bridgehead atoms. The van der Waals surface area contributed by atoms with Crippen LogP contribution in [0.5, 0.6) is 0 Å². The Labute approximate surface area is 139 Å². The maximum atomic E-state index is 5.12. The van der Waals surface area contributed by atoms with E-state index in [9.17, 15) is 0 Å². The molecule has 122 valence electrons. The van der Waals surface area contributed by atoms with Crippen LogP contribution in [0.3, 0.4) is 0 Å². The Morgan fingerprint density at radius 3 is 2.78 bits per heavy atom. The highest BCUT2D eigenvalue weighted by Gasteiger charge is 2.27. The van der Waals surface area contributed by atoms with Gasteiger partial charge in [0.1, 0.15) is 5.82 Å². The standard InChI is InChI=1S/C20H27N3/c1-15-8-7-11-17(14-15)23-20-18(12-5-6-13-21-20)19(22-23)16-9-3-2-4-10-16/h7-8,11,14,16,21H,2-6,9-10,12-13H2,1H3. The smallest absolute Gasteiger partial charge is 0.133 e. The molecule has 1 aliphatic carbocycles. The Kier molecular flexibility index (Phi) is 4.11. The van der Waals surface area contributed by atoms with E-state index in [0.29, 0.717) is 5.92 Å². The summed E-state index contributed by atoms with van der Waals surface area (Å²) in [5.74, 6) is 1.93. The normalized spacial score (nSPS) is 19.0. The van der Waals surface area contributed by atoms with Crippen molar-refractivity contribution < 1.29 is 0 Å². The quantitative estimate of drug-likeness (QED) is 0.848. The zero-order valence-corrected chi connectivity index (χ0v) is 14.1. The second-order valence-electron chi connectivity index (χ2n) is 7.18. The number of anilines is 1. The summed E-state index contributed by atoms with van der Waals surface area (Å²) in [7, 11) is 0. The van der Waals surface area contributed by atoms with E-state index >= 15 is 0 Å². The molecule has 1 aromatic heterocycles. The fourth-order valence-electron chi connectivity index (χ4n) is 4.18. The molecule has 2 aromatic rings. The van der Waals surface area contributed by atoms with Gasteiger partial charge in [-0.05, 0) is 56.7 Å². The van der Waals surface area contributed by atoms with Crippen molar-refractivity contribution in [2.45, 2.75) is 64.2 Å². The van der Waals surface area contributed by atoms with Gasteiger partial charge in [-0.1, -0.05) is 31.4 Å². The van der Waals surface area contributed by atoms with Crippen LogP contribution in [0.2, 0.25) is 0 Å². The lowest BCUT2D eigenvalue weighted by Crippen LogP contribution is -2.08. The molecule has 1 N–H and O–H groups in total. The van der Waals surface area contributed by atoms with Gasteiger partial charge in [-0.15, -0.1) is 0 Å². The molecule has 1 saturated carbocycles. The van der Waals surface area contributed by atoms with E-state index in [1.807, 2.05) is 0 Å². The number of aryl methyl sites for hydroxylation is 1. The lowest BCUT2D eigenvalue weighted by molar-refractivity contribution is 0.432. The van der Waals surface area contributed by atoms with Gasteiger partial charge in [-0.25, -0.2) is 4.68 Å². The first kappa shape index (κ1) is 14.8. The van der Waals surface area contributed by atoms with Crippen molar-refractivity contribution in [1.82, 2.24) is 9.78 Å². The summed E-state index contributed by atoms with van der Waals surface area (Å²) in [6, 6.07) is 8.71. The van der Waals surface area contributed by atoms with Gasteiger partial charge in [0.05, 0.1) is 11.4 Å². The van der Waals surface area contributed by atoms with Gasteiger partial charge >= 0.3 is 0 Å². The molecule has 2 aliphatic rings. The Balaban J connectivity index is 1.81. The van der Waals surface area contributed by atoms with Crippen LogP contribution in [0.15, 0.2) is 24.3 Å². The number of hydrogen-bond donors (Lipinski definition) is 1. The SMILES string of the molecule is Cc1cccc(-n2nc(C3CCCCC3)c3c2NCCCC3)c1. The van der Waals surface area contributed by atoms with Gasteiger partial charge in [0.2, 0.25) is 0 Å². The third kappa shape index (κ3) is 2.89. The summed E-state index contributed by atoms with van der Waals surface area (Å²) >= 11 is 0. The summed E-state index contributed by atoms with van der Waals surface area (Å²) in [6.45, 7) is 3.22. The lowest BCUT2D eigenvalue weighted by atomic mass is 9.85. The molecule has 4 rings (SSSR count). The van der Waals surface area contributed by atoms with E-state index in [0.717, 1.165) is 6.54 Å². The van der Waals surface area contributed by atoms with Crippen molar-refractivity contribution in [3.63, 3.8) is 0 Å². The van der Waals surface area contributed by atoms with E-state index in [2.05, 4.69) is 41.2 Å². The molecule has 2 heterocycles. The Morgan fingerprint density at radius 1 is 1.09 bits per heavy atom. The van der Waals surface area contributed by atoms with E-state index in [1.54, 1.807) is 0 Å². The first-order valence-corrected chi connectivity index (χ1v) is 9.25. The molecule has 0 amide bonds. The molecule has 0 saturated heterocycles. The summed E-state index contributed by atoms with van der Waals surface area (Å²) in [6.07, 6.45) is 10.5. The molecule has 0 radical (unpaired) electrons.